The predicted octanol–water partition coefficient (Wildman–Crippen LogP) is 3.87. The summed E-state index contributed by atoms with van der Waals surface area (Å²) in [4.78, 5) is 13.6. The van der Waals surface area contributed by atoms with Crippen LogP contribution in [0.4, 0.5) is 13.2 Å². The van der Waals surface area contributed by atoms with Crippen LogP contribution in [0.15, 0.2) is 27.6 Å². The molecule has 0 spiro atoms. The van der Waals surface area contributed by atoms with E-state index in [2.05, 4.69) is 15.9 Å². The number of benzene rings is 1. The number of nitrogens with zero attached hydrogens (tertiary/aromatic N) is 1. The number of halogens is 4. The average Bonchev–Trinajstić information content (AvgIpc) is 2.85. The third kappa shape index (κ3) is 3.97. The van der Waals surface area contributed by atoms with Crippen LogP contribution in [0.1, 0.15) is 5.56 Å². The van der Waals surface area contributed by atoms with Gasteiger partial charge in [-0.1, -0.05) is 22.0 Å². The standard InChI is InChI=1S/C14H15BrF3NO2S/c1-22-12-4-9(15)3-2-8(12)5-19-6-10(13(20)21)11(7-19)14(16,17)18/h2-4,10-11H,5-7H2,1H3,(H,20,21)/t10-,11-/m1/s1. The Morgan fingerprint density at radius 3 is 2.64 bits per heavy atom. The van der Waals surface area contributed by atoms with E-state index in [1.54, 1.807) is 4.90 Å². The number of hydrogen-bond acceptors (Lipinski definition) is 3. The molecule has 1 aromatic rings. The molecule has 1 heterocycles. The number of carbonyl (C=O) groups is 1. The second-order valence-corrected chi connectivity index (χ2v) is 7.01. The molecule has 1 aliphatic rings. The van der Waals surface area contributed by atoms with E-state index in [0.717, 1.165) is 14.9 Å². The largest absolute Gasteiger partial charge is 0.481 e. The van der Waals surface area contributed by atoms with Crippen LogP contribution in [0.25, 0.3) is 0 Å². The Hall–Kier alpha value is -0.730. The summed E-state index contributed by atoms with van der Waals surface area (Å²) in [5, 5.41) is 9.03. The SMILES string of the molecule is CSc1cc(Br)ccc1CN1C[C@@H](C(F)(F)F)[C@H](C(=O)O)C1. The summed E-state index contributed by atoms with van der Waals surface area (Å²) in [5.41, 5.74) is 0.905. The van der Waals surface area contributed by atoms with Gasteiger partial charge in [-0.15, -0.1) is 11.8 Å². The molecule has 1 aliphatic heterocycles. The Balaban J connectivity index is 2.17. The van der Waals surface area contributed by atoms with Gasteiger partial charge in [-0.2, -0.15) is 13.2 Å². The Bertz CT molecular complexity index is 568. The maximum Gasteiger partial charge on any atom is 0.393 e. The lowest BCUT2D eigenvalue weighted by Crippen LogP contribution is -2.33. The number of alkyl halides is 3. The lowest BCUT2D eigenvalue weighted by molar-refractivity contribution is -0.188. The van der Waals surface area contributed by atoms with Gasteiger partial charge in [0.25, 0.3) is 0 Å². The van der Waals surface area contributed by atoms with Crippen LogP contribution in [0, 0.1) is 11.8 Å². The Morgan fingerprint density at radius 1 is 1.45 bits per heavy atom. The predicted molar refractivity (Wildman–Crippen MR) is 81.9 cm³/mol. The van der Waals surface area contributed by atoms with Crippen molar-refractivity contribution in [3.8, 4) is 0 Å². The number of carboxylic acid groups (broad SMARTS) is 1. The molecule has 3 nitrogen and oxygen atoms in total. The third-order valence-corrected chi connectivity index (χ3v) is 5.09. The zero-order chi connectivity index (χ0) is 16.5. The molecule has 122 valence electrons. The molecule has 2 rings (SSSR count). The normalized spacial score (nSPS) is 23.0. The lowest BCUT2D eigenvalue weighted by atomic mass is 9.96. The molecule has 1 aromatic carbocycles. The van der Waals surface area contributed by atoms with Crippen molar-refractivity contribution in [1.29, 1.82) is 0 Å². The quantitative estimate of drug-likeness (QED) is 0.782. The van der Waals surface area contributed by atoms with E-state index in [1.807, 2.05) is 24.5 Å². The van der Waals surface area contributed by atoms with Crippen molar-refractivity contribution in [1.82, 2.24) is 4.90 Å². The Kier molecular flexibility index (Phi) is 5.45. The van der Waals surface area contributed by atoms with Crippen LogP contribution in [-0.4, -0.2) is 41.5 Å². The van der Waals surface area contributed by atoms with Gasteiger partial charge in [0, 0.05) is 29.0 Å². The van der Waals surface area contributed by atoms with Gasteiger partial charge in [0.1, 0.15) is 0 Å². The first-order chi connectivity index (χ1) is 10.2. The van der Waals surface area contributed by atoms with Gasteiger partial charge in [-0.25, -0.2) is 0 Å². The molecule has 0 radical (unpaired) electrons. The molecule has 0 unspecified atom stereocenters. The summed E-state index contributed by atoms with van der Waals surface area (Å²) in [5.74, 6) is -4.59. The fourth-order valence-corrected chi connectivity index (χ4v) is 3.84. The van der Waals surface area contributed by atoms with Gasteiger partial charge >= 0.3 is 12.1 Å². The molecule has 0 saturated carbocycles. The molecule has 1 saturated heterocycles. The molecule has 0 amide bonds. The highest BCUT2D eigenvalue weighted by Crippen LogP contribution is 2.38. The molecule has 2 atom stereocenters. The number of thioether (sulfide) groups is 1. The summed E-state index contributed by atoms with van der Waals surface area (Å²) in [7, 11) is 0. The maximum absolute atomic E-state index is 13.0. The number of carboxylic acids is 1. The molecule has 0 aromatic heterocycles. The number of hydrogen-bond donors (Lipinski definition) is 1. The van der Waals surface area contributed by atoms with Gasteiger partial charge in [0.15, 0.2) is 0 Å². The minimum absolute atomic E-state index is 0.0800. The van der Waals surface area contributed by atoms with Gasteiger partial charge in [-0.3, -0.25) is 9.69 Å². The molecule has 0 aliphatic carbocycles. The summed E-state index contributed by atoms with van der Waals surface area (Å²) in [6.45, 7) is -0.0342. The van der Waals surface area contributed by atoms with Crippen molar-refractivity contribution in [2.24, 2.45) is 11.8 Å². The second kappa shape index (κ2) is 6.80. The van der Waals surface area contributed by atoms with Crippen LogP contribution in [0.3, 0.4) is 0 Å². The third-order valence-electron chi connectivity index (χ3n) is 3.78. The zero-order valence-electron chi connectivity index (χ0n) is 11.7. The van der Waals surface area contributed by atoms with E-state index in [0.29, 0.717) is 6.54 Å². The van der Waals surface area contributed by atoms with Crippen LogP contribution in [0.5, 0.6) is 0 Å². The fourth-order valence-electron chi connectivity index (χ4n) is 2.69. The van der Waals surface area contributed by atoms with E-state index in [-0.39, 0.29) is 13.1 Å². The minimum atomic E-state index is -4.49. The van der Waals surface area contributed by atoms with Crippen LogP contribution < -0.4 is 0 Å². The minimum Gasteiger partial charge on any atom is -0.481 e. The van der Waals surface area contributed by atoms with E-state index < -0.39 is 24.0 Å². The molecular weight excluding hydrogens is 383 g/mol. The zero-order valence-corrected chi connectivity index (χ0v) is 14.1. The van der Waals surface area contributed by atoms with Crippen molar-refractivity contribution in [3.63, 3.8) is 0 Å². The summed E-state index contributed by atoms with van der Waals surface area (Å²) >= 11 is 4.87. The van der Waals surface area contributed by atoms with Gasteiger partial charge in [-0.05, 0) is 24.0 Å². The van der Waals surface area contributed by atoms with Crippen molar-refractivity contribution in [2.45, 2.75) is 17.6 Å². The van der Waals surface area contributed by atoms with Crippen molar-refractivity contribution in [2.75, 3.05) is 19.3 Å². The number of likely N-dealkylation sites (tertiary alicyclic amines) is 1. The average molecular weight is 398 g/mol. The molecule has 1 N–H and O–H groups in total. The lowest BCUT2D eigenvalue weighted by Gasteiger charge is -2.19. The first-order valence-electron chi connectivity index (χ1n) is 6.56. The van der Waals surface area contributed by atoms with E-state index in [4.69, 9.17) is 5.11 Å². The van der Waals surface area contributed by atoms with Crippen LogP contribution in [0.2, 0.25) is 0 Å². The number of rotatable bonds is 4. The first kappa shape index (κ1) is 17.6. The van der Waals surface area contributed by atoms with Gasteiger partial charge in [0.05, 0.1) is 11.8 Å². The highest BCUT2D eigenvalue weighted by molar-refractivity contribution is 9.10. The second-order valence-electron chi connectivity index (χ2n) is 5.24. The first-order valence-corrected chi connectivity index (χ1v) is 8.58. The topological polar surface area (TPSA) is 40.5 Å². The van der Waals surface area contributed by atoms with Crippen LogP contribution >= 0.6 is 27.7 Å². The number of aliphatic carboxylic acids is 1. The molecule has 22 heavy (non-hydrogen) atoms. The maximum atomic E-state index is 13.0. The smallest absolute Gasteiger partial charge is 0.393 e. The van der Waals surface area contributed by atoms with Crippen molar-refractivity contribution in [3.05, 3.63) is 28.2 Å². The molecule has 1 fully saturated rings. The molecule has 0 bridgehead atoms. The molecular formula is C14H15BrF3NO2S. The fraction of sp³-hybridized carbons (Fsp3) is 0.500. The van der Waals surface area contributed by atoms with Gasteiger partial charge < -0.3 is 5.11 Å². The van der Waals surface area contributed by atoms with Crippen molar-refractivity contribution < 1.29 is 23.1 Å². The summed E-state index contributed by atoms with van der Waals surface area (Å²) < 4.78 is 39.8. The summed E-state index contributed by atoms with van der Waals surface area (Å²) in [6.07, 6.45) is -2.59. The van der Waals surface area contributed by atoms with E-state index in [1.165, 1.54) is 11.8 Å². The van der Waals surface area contributed by atoms with E-state index >= 15 is 0 Å². The van der Waals surface area contributed by atoms with Crippen LogP contribution in [-0.2, 0) is 11.3 Å². The van der Waals surface area contributed by atoms with Crippen molar-refractivity contribution >= 4 is 33.7 Å². The molecule has 8 heteroatoms. The van der Waals surface area contributed by atoms with Gasteiger partial charge in [0.2, 0.25) is 0 Å². The Morgan fingerprint density at radius 2 is 2.14 bits per heavy atom. The highest BCUT2D eigenvalue weighted by Gasteiger charge is 2.52. The highest BCUT2D eigenvalue weighted by atomic mass is 79.9. The van der Waals surface area contributed by atoms with E-state index in [9.17, 15) is 18.0 Å². The Labute approximate surface area is 139 Å². The monoisotopic (exact) mass is 397 g/mol. The summed E-state index contributed by atoms with van der Waals surface area (Å²) in [6, 6.07) is 5.60.